The zero-order valence-corrected chi connectivity index (χ0v) is 12.9. The molecule has 3 nitrogen and oxygen atoms in total. The van der Waals surface area contributed by atoms with Crippen molar-refractivity contribution in [3.05, 3.63) is 35.4 Å². The molecular weight excluding hydrogens is 248 g/mol. The molecule has 1 heterocycles. The van der Waals surface area contributed by atoms with Gasteiger partial charge in [0.2, 0.25) is 0 Å². The second kappa shape index (κ2) is 6.89. The van der Waals surface area contributed by atoms with E-state index in [1.807, 2.05) is 31.2 Å². The van der Waals surface area contributed by atoms with Crippen molar-refractivity contribution in [1.82, 2.24) is 10.2 Å². The minimum absolute atomic E-state index is 0.0642. The molecule has 0 spiro atoms. The Kier molecular flexibility index (Phi) is 5.18. The van der Waals surface area contributed by atoms with Crippen molar-refractivity contribution in [3.8, 4) is 0 Å². The van der Waals surface area contributed by atoms with Gasteiger partial charge in [-0.15, -0.1) is 0 Å². The lowest BCUT2D eigenvalue weighted by atomic mass is 9.96. The third kappa shape index (κ3) is 3.83. The minimum atomic E-state index is 0.0642. The van der Waals surface area contributed by atoms with Crippen molar-refractivity contribution in [1.29, 1.82) is 0 Å². The molecule has 0 aromatic heterocycles. The van der Waals surface area contributed by atoms with Gasteiger partial charge in [-0.1, -0.05) is 18.2 Å². The fraction of sp³-hybridized carbons (Fsp3) is 0.588. The molecule has 0 radical (unpaired) electrons. The summed E-state index contributed by atoms with van der Waals surface area (Å²) in [6.07, 6.45) is 2.37. The molecule has 1 aromatic rings. The zero-order chi connectivity index (χ0) is 14.5. The average Bonchev–Trinajstić information content (AvgIpc) is 2.45. The van der Waals surface area contributed by atoms with Crippen LogP contribution in [0.15, 0.2) is 24.3 Å². The van der Waals surface area contributed by atoms with Gasteiger partial charge in [0.05, 0.1) is 0 Å². The number of piperidine rings is 1. The van der Waals surface area contributed by atoms with Crippen LogP contribution in [0.25, 0.3) is 0 Å². The van der Waals surface area contributed by atoms with Crippen molar-refractivity contribution in [2.75, 3.05) is 19.6 Å². The first-order valence-electron chi connectivity index (χ1n) is 7.66. The second-order valence-electron chi connectivity index (χ2n) is 6.10. The van der Waals surface area contributed by atoms with Gasteiger partial charge in [-0.2, -0.15) is 0 Å². The number of aryl methyl sites for hydroxylation is 1. The van der Waals surface area contributed by atoms with Crippen molar-refractivity contribution in [2.45, 2.75) is 39.7 Å². The van der Waals surface area contributed by atoms with Crippen LogP contribution in [-0.2, 0) is 0 Å². The third-order valence-corrected chi connectivity index (χ3v) is 4.32. The molecule has 1 N–H and O–H groups in total. The summed E-state index contributed by atoms with van der Waals surface area (Å²) < 4.78 is 0. The molecule has 1 saturated heterocycles. The lowest BCUT2D eigenvalue weighted by molar-refractivity contribution is 0.0929. The summed E-state index contributed by atoms with van der Waals surface area (Å²) in [5.74, 6) is 0.687. The lowest BCUT2D eigenvalue weighted by Gasteiger charge is -2.34. The van der Waals surface area contributed by atoms with Crippen LogP contribution in [0.2, 0.25) is 0 Å². The summed E-state index contributed by atoms with van der Waals surface area (Å²) in [7, 11) is 0. The highest BCUT2D eigenvalue weighted by Gasteiger charge is 2.21. The highest BCUT2D eigenvalue weighted by atomic mass is 16.1. The smallest absolute Gasteiger partial charge is 0.251 e. The van der Waals surface area contributed by atoms with Crippen molar-refractivity contribution in [2.24, 2.45) is 5.92 Å². The van der Waals surface area contributed by atoms with Crippen LogP contribution in [0, 0.1) is 12.8 Å². The predicted octanol–water partition coefficient (Wildman–Crippen LogP) is 2.85. The Morgan fingerprint density at radius 1 is 1.30 bits per heavy atom. The first-order chi connectivity index (χ1) is 9.58. The summed E-state index contributed by atoms with van der Waals surface area (Å²) in [6.45, 7) is 9.60. The highest BCUT2D eigenvalue weighted by Crippen LogP contribution is 2.18. The Hall–Kier alpha value is -1.35. The first kappa shape index (κ1) is 15.0. The van der Waals surface area contributed by atoms with Gasteiger partial charge in [-0.25, -0.2) is 0 Å². The number of likely N-dealkylation sites (tertiary alicyclic amines) is 1. The average molecular weight is 274 g/mol. The summed E-state index contributed by atoms with van der Waals surface area (Å²) in [5.41, 5.74) is 1.84. The van der Waals surface area contributed by atoms with E-state index in [1.54, 1.807) is 0 Å². The molecule has 1 aliphatic heterocycles. The van der Waals surface area contributed by atoms with Gasteiger partial charge in [0.1, 0.15) is 0 Å². The molecule has 0 aliphatic carbocycles. The molecule has 20 heavy (non-hydrogen) atoms. The third-order valence-electron chi connectivity index (χ3n) is 4.32. The molecule has 1 aliphatic rings. The lowest BCUT2D eigenvalue weighted by Crippen LogP contribution is -2.41. The van der Waals surface area contributed by atoms with Crippen molar-refractivity contribution >= 4 is 5.91 Å². The highest BCUT2D eigenvalue weighted by molar-refractivity contribution is 5.95. The number of carbonyl (C=O) groups excluding carboxylic acids is 1. The molecule has 1 aromatic carbocycles. The van der Waals surface area contributed by atoms with E-state index in [1.165, 1.54) is 12.8 Å². The Labute approximate surface area is 122 Å². The number of carbonyl (C=O) groups is 1. The summed E-state index contributed by atoms with van der Waals surface area (Å²) in [4.78, 5) is 14.7. The quantitative estimate of drug-likeness (QED) is 0.915. The van der Waals surface area contributed by atoms with Crippen LogP contribution in [0.5, 0.6) is 0 Å². The van der Waals surface area contributed by atoms with Gasteiger partial charge in [-0.05, 0) is 64.3 Å². The van der Waals surface area contributed by atoms with Crippen LogP contribution in [0.1, 0.15) is 42.6 Å². The van der Waals surface area contributed by atoms with Gasteiger partial charge in [-0.3, -0.25) is 4.79 Å². The number of amides is 1. The van der Waals surface area contributed by atoms with Gasteiger partial charge < -0.3 is 10.2 Å². The van der Waals surface area contributed by atoms with Gasteiger partial charge in [0.15, 0.2) is 0 Å². The monoisotopic (exact) mass is 274 g/mol. The van der Waals surface area contributed by atoms with Crippen LogP contribution in [0.4, 0.5) is 0 Å². The van der Waals surface area contributed by atoms with Crippen LogP contribution in [0.3, 0.4) is 0 Å². The van der Waals surface area contributed by atoms with Gasteiger partial charge in [0.25, 0.3) is 5.91 Å². The summed E-state index contributed by atoms with van der Waals surface area (Å²) >= 11 is 0. The summed E-state index contributed by atoms with van der Waals surface area (Å²) in [6, 6.07) is 8.40. The van der Waals surface area contributed by atoms with Crippen LogP contribution >= 0.6 is 0 Å². The minimum Gasteiger partial charge on any atom is -0.352 e. The maximum Gasteiger partial charge on any atom is 0.251 e. The number of nitrogens with zero attached hydrogens (tertiary/aromatic N) is 1. The van der Waals surface area contributed by atoms with E-state index in [0.717, 1.165) is 30.8 Å². The van der Waals surface area contributed by atoms with Crippen LogP contribution in [-0.4, -0.2) is 36.5 Å². The molecule has 110 valence electrons. The van der Waals surface area contributed by atoms with Gasteiger partial charge >= 0.3 is 0 Å². The molecule has 0 bridgehead atoms. The first-order valence-corrected chi connectivity index (χ1v) is 7.66. The maximum absolute atomic E-state index is 12.2. The van der Waals surface area contributed by atoms with E-state index in [9.17, 15) is 4.79 Å². The molecule has 2 rings (SSSR count). The van der Waals surface area contributed by atoms with E-state index < -0.39 is 0 Å². The van der Waals surface area contributed by atoms with E-state index in [4.69, 9.17) is 0 Å². The Morgan fingerprint density at radius 3 is 2.55 bits per heavy atom. The fourth-order valence-corrected chi connectivity index (χ4v) is 2.83. The van der Waals surface area contributed by atoms with Crippen LogP contribution < -0.4 is 5.32 Å². The number of hydrogen-bond donors (Lipinski definition) is 1. The molecular formula is C17H26N2O. The standard InChI is InChI=1S/C17H26N2O/c1-13(2)19-10-8-15(9-11-19)12-18-17(20)16-7-5-4-6-14(16)3/h4-7,13,15H,8-12H2,1-3H3,(H,18,20). The normalized spacial score (nSPS) is 17.4. The SMILES string of the molecule is Cc1ccccc1C(=O)NCC1CCN(C(C)C)CC1. The molecule has 1 amide bonds. The topological polar surface area (TPSA) is 32.3 Å². The molecule has 1 fully saturated rings. The number of benzene rings is 1. The maximum atomic E-state index is 12.2. The molecule has 0 saturated carbocycles. The fourth-order valence-electron chi connectivity index (χ4n) is 2.83. The van der Waals surface area contributed by atoms with E-state index in [-0.39, 0.29) is 5.91 Å². The Balaban J connectivity index is 1.79. The number of hydrogen-bond acceptors (Lipinski definition) is 2. The number of rotatable bonds is 4. The van der Waals surface area contributed by atoms with E-state index >= 15 is 0 Å². The predicted molar refractivity (Wildman–Crippen MR) is 82.9 cm³/mol. The number of nitrogens with one attached hydrogen (secondary N) is 1. The van der Waals surface area contributed by atoms with Crippen molar-refractivity contribution < 1.29 is 4.79 Å². The Morgan fingerprint density at radius 2 is 1.95 bits per heavy atom. The second-order valence-corrected chi connectivity index (χ2v) is 6.10. The summed E-state index contributed by atoms with van der Waals surface area (Å²) in [5, 5.41) is 3.10. The molecule has 0 atom stereocenters. The van der Waals surface area contributed by atoms with Crippen molar-refractivity contribution in [3.63, 3.8) is 0 Å². The molecule has 0 unspecified atom stereocenters. The Bertz CT molecular complexity index is 448. The largest absolute Gasteiger partial charge is 0.352 e. The zero-order valence-electron chi connectivity index (χ0n) is 12.9. The van der Waals surface area contributed by atoms with Gasteiger partial charge in [0, 0.05) is 18.2 Å². The van der Waals surface area contributed by atoms with E-state index in [2.05, 4.69) is 24.1 Å². The molecule has 3 heteroatoms. The van der Waals surface area contributed by atoms with E-state index in [0.29, 0.717) is 12.0 Å².